The Bertz CT molecular complexity index is 417. The minimum Gasteiger partial charge on any atom is -0.396 e. The number of aliphatic hydroxyl groups is 1. The lowest BCUT2D eigenvalue weighted by Crippen LogP contribution is -1.91. The normalized spacial score (nSPS) is 10.9. The fraction of sp³-hybridized carbons (Fsp3) is 0.273. The Morgan fingerprint density at radius 3 is 3.00 bits per heavy atom. The number of thiophene rings is 1. The molecular formula is C11H12OS. The lowest BCUT2D eigenvalue weighted by Gasteiger charge is -2.01. The second-order valence-corrected chi connectivity index (χ2v) is 4.09. The predicted molar refractivity (Wildman–Crippen MR) is 57.4 cm³/mol. The van der Waals surface area contributed by atoms with Crippen molar-refractivity contribution >= 4 is 21.4 Å². The van der Waals surface area contributed by atoms with E-state index in [9.17, 15) is 0 Å². The minimum absolute atomic E-state index is 0.231. The van der Waals surface area contributed by atoms with Crippen LogP contribution in [0.1, 0.15) is 11.1 Å². The average Bonchev–Trinajstić information content (AvgIpc) is 2.50. The molecule has 1 N–H and O–H groups in total. The van der Waals surface area contributed by atoms with Gasteiger partial charge >= 0.3 is 0 Å². The Morgan fingerprint density at radius 2 is 2.23 bits per heavy atom. The first kappa shape index (κ1) is 8.73. The highest BCUT2D eigenvalue weighted by Gasteiger charge is 2.04. The summed E-state index contributed by atoms with van der Waals surface area (Å²) in [5.41, 5.74) is 2.59. The summed E-state index contributed by atoms with van der Waals surface area (Å²) in [4.78, 5) is 0. The zero-order valence-electron chi connectivity index (χ0n) is 7.58. The second-order valence-electron chi connectivity index (χ2n) is 3.18. The van der Waals surface area contributed by atoms with Crippen LogP contribution in [0, 0.1) is 6.92 Å². The van der Waals surface area contributed by atoms with Crippen molar-refractivity contribution in [3.63, 3.8) is 0 Å². The van der Waals surface area contributed by atoms with Crippen LogP contribution >= 0.6 is 11.3 Å². The molecule has 0 unspecified atom stereocenters. The van der Waals surface area contributed by atoms with Crippen LogP contribution in [-0.2, 0) is 6.42 Å². The van der Waals surface area contributed by atoms with E-state index in [4.69, 9.17) is 5.11 Å². The largest absolute Gasteiger partial charge is 0.396 e. The van der Waals surface area contributed by atoms with Gasteiger partial charge in [0, 0.05) is 11.3 Å². The number of hydrogen-bond acceptors (Lipinski definition) is 2. The molecule has 1 heterocycles. The molecule has 0 radical (unpaired) electrons. The van der Waals surface area contributed by atoms with Crippen molar-refractivity contribution in [2.45, 2.75) is 13.3 Å². The van der Waals surface area contributed by atoms with Gasteiger partial charge in [-0.25, -0.2) is 0 Å². The molecule has 68 valence electrons. The molecule has 0 aliphatic carbocycles. The topological polar surface area (TPSA) is 20.2 Å². The van der Waals surface area contributed by atoms with Crippen molar-refractivity contribution in [3.05, 3.63) is 34.7 Å². The summed E-state index contributed by atoms with van der Waals surface area (Å²) in [6.45, 7) is 2.36. The maximum absolute atomic E-state index is 8.91. The van der Waals surface area contributed by atoms with Gasteiger partial charge in [-0.05, 0) is 41.3 Å². The van der Waals surface area contributed by atoms with Gasteiger partial charge in [0.05, 0.1) is 0 Å². The van der Waals surface area contributed by atoms with Crippen molar-refractivity contribution < 1.29 is 5.11 Å². The minimum atomic E-state index is 0.231. The molecule has 0 aliphatic rings. The van der Waals surface area contributed by atoms with Gasteiger partial charge in [-0.15, -0.1) is 11.3 Å². The molecule has 0 bridgehead atoms. The maximum atomic E-state index is 8.91. The molecule has 0 aliphatic heterocycles. The molecule has 0 fully saturated rings. The molecule has 0 atom stereocenters. The quantitative estimate of drug-likeness (QED) is 0.775. The Kier molecular flexibility index (Phi) is 2.34. The van der Waals surface area contributed by atoms with Gasteiger partial charge in [0.1, 0.15) is 0 Å². The molecule has 1 nitrogen and oxygen atoms in total. The summed E-state index contributed by atoms with van der Waals surface area (Å²) in [6, 6.07) is 6.29. The monoisotopic (exact) mass is 192 g/mol. The first-order valence-electron chi connectivity index (χ1n) is 4.39. The SMILES string of the molecule is Cc1csc2cccc(CCO)c12. The summed E-state index contributed by atoms with van der Waals surface area (Å²) < 4.78 is 1.32. The van der Waals surface area contributed by atoms with E-state index >= 15 is 0 Å². The molecular weight excluding hydrogens is 180 g/mol. The molecule has 0 amide bonds. The van der Waals surface area contributed by atoms with Gasteiger partial charge in [0.2, 0.25) is 0 Å². The van der Waals surface area contributed by atoms with Crippen LogP contribution in [0.5, 0.6) is 0 Å². The Hall–Kier alpha value is -0.860. The van der Waals surface area contributed by atoms with Gasteiger partial charge < -0.3 is 5.11 Å². The summed E-state index contributed by atoms with van der Waals surface area (Å²) in [5, 5.41) is 12.4. The van der Waals surface area contributed by atoms with E-state index in [1.807, 2.05) is 0 Å². The Labute approximate surface area is 81.6 Å². The van der Waals surface area contributed by atoms with Crippen LogP contribution in [0.15, 0.2) is 23.6 Å². The van der Waals surface area contributed by atoms with E-state index in [1.165, 1.54) is 21.2 Å². The number of hydrogen-bond donors (Lipinski definition) is 1. The molecule has 1 aromatic carbocycles. The van der Waals surface area contributed by atoms with E-state index in [0.717, 1.165) is 6.42 Å². The smallest absolute Gasteiger partial charge is 0.0471 e. The van der Waals surface area contributed by atoms with Gasteiger partial charge in [0.25, 0.3) is 0 Å². The van der Waals surface area contributed by atoms with Crippen molar-refractivity contribution in [1.82, 2.24) is 0 Å². The van der Waals surface area contributed by atoms with E-state index < -0.39 is 0 Å². The predicted octanol–water partition coefficient (Wildman–Crippen LogP) is 2.74. The number of aliphatic hydroxyl groups excluding tert-OH is 1. The van der Waals surface area contributed by atoms with E-state index in [2.05, 4.69) is 30.5 Å². The molecule has 0 saturated heterocycles. The lowest BCUT2D eigenvalue weighted by molar-refractivity contribution is 0.300. The van der Waals surface area contributed by atoms with Crippen LogP contribution < -0.4 is 0 Å². The highest BCUT2D eigenvalue weighted by molar-refractivity contribution is 7.17. The van der Waals surface area contributed by atoms with E-state index in [-0.39, 0.29) is 6.61 Å². The van der Waals surface area contributed by atoms with E-state index in [1.54, 1.807) is 11.3 Å². The molecule has 0 saturated carbocycles. The summed E-state index contributed by atoms with van der Waals surface area (Å²) in [5.74, 6) is 0. The van der Waals surface area contributed by atoms with Crippen LogP contribution in [-0.4, -0.2) is 11.7 Å². The summed E-state index contributed by atoms with van der Waals surface area (Å²) >= 11 is 1.77. The van der Waals surface area contributed by atoms with Crippen LogP contribution in [0.3, 0.4) is 0 Å². The van der Waals surface area contributed by atoms with E-state index in [0.29, 0.717) is 0 Å². The summed E-state index contributed by atoms with van der Waals surface area (Å²) in [6.07, 6.45) is 0.759. The van der Waals surface area contributed by atoms with Crippen molar-refractivity contribution in [2.75, 3.05) is 6.61 Å². The van der Waals surface area contributed by atoms with Crippen LogP contribution in [0.25, 0.3) is 10.1 Å². The fourth-order valence-electron chi connectivity index (χ4n) is 1.66. The van der Waals surface area contributed by atoms with Crippen molar-refractivity contribution in [2.24, 2.45) is 0 Å². The highest BCUT2D eigenvalue weighted by Crippen LogP contribution is 2.28. The number of benzene rings is 1. The zero-order valence-corrected chi connectivity index (χ0v) is 8.40. The standard InChI is InChI=1S/C11H12OS/c1-8-7-13-10-4-2-3-9(5-6-12)11(8)10/h2-4,7,12H,5-6H2,1H3. The second kappa shape index (κ2) is 3.48. The third-order valence-electron chi connectivity index (χ3n) is 2.25. The first-order chi connectivity index (χ1) is 6.33. The van der Waals surface area contributed by atoms with Gasteiger partial charge in [-0.1, -0.05) is 12.1 Å². The van der Waals surface area contributed by atoms with Gasteiger partial charge in [-0.3, -0.25) is 0 Å². The first-order valence-corrected chi connectivity index (χ1v) is 5.27. The number of rotatable bonds is 2. The van der Waals surface area contributed by atoms with Crippen molar-refractivity contribution in [1.29, 1.82) is 0 Å². The molecule has 13 heavy (non-hydrogen) atoms. The Morgan fingerprint density at radius 1 is 1.38 bits per heavy atom. The average molecular weight is 192 g/mol. The van der Waals surface area contributed by atoms with Gasteiger partial charge in [0.15, 0.2) is 0 Å². The third kappa shape index (κ3) is 1.47. The summed E-state index contributed by atoms with van der Waals surface area (Å²) in [7, 11) is 0. The van der Waals surface area contributed by atoms with Crippen molar-refractivity contribution in [3.8, 4) is 0 Å². The van der Waals surface area contributed by atoms with Crippen LogP contribution in [0.2, 0.25) is 0 Å². The third-order valence-corrected chi connectivity index (χ3v) is 3.32. The molecule has 2 heteroatoms. The molecule has 1 aromatic heterocycles. The zero-order chi connectivity index (χ0) is 9.26. The number of aryl methyl sites for hydroxylation is 1. The molecule has 2 rings (SSSR count). The Balaban J connectivity index is 2.65. The highest BCUT2D eigenvalue weighted by atomic mass is 32.1. The maximum Gasteiger partial charge on any atom is 0.0471 e. The molecule has 2 aromatic rings. The van der Waals surface area contributed by atoms with Crippen LogP contribution in [0.4, 0.5) is 0 Å². The lowest BCUT2D eigenvalue weighted by atomic mass is 10.1. The molecule has 0 spiro atoms. The number of fused-ring (bicyclic) bond motifs is 1. The fourth-order valence-corrected chi connectivity index (χ4v) is 2.65. The van der Waals surface area contributed by atoms with Gasteiger partial charge in [-0.2, -0.15) is 0 Å².